The molecule has 21 heavy (non-hydrogen) atoms. The number of halogens is 1. The summed E-state index contributed by atoms with van der Waals surface area (Å²) in [5.41, 5.74) is 1.09. The number of hydrogen-bond donors (Lipinski definition) is 1. The van der Waals surface area contributed by atoms with Gasteiger partial charge in [0.25, 0.3) is 15.0 Å². The molecule has 1 fully saturated rings. The molecule has 116 valence electrons. The summed E-state index contributed by atoms with van der Waals surface area (Å²) in [6.45, 7) is 3.74. The molecule has 1 N–H and O–H groups in total. The molecule has 0 radical (unpaired) electrons. The first-order valence-electron chi connectivity index (χ1n) is 7.15. The third-order valence-electron chi connectivity index (χ3n) is 4.19. The lowest BCUT2D eigenvalue weighted by Crippen LogP contribution is -2.37. The van der Waals surface area contributed by atoms with Crippen LogP contribution in [0.4, 0.5) is 0 Å². The van der Waals surface area contributed by atoms with E-state index in [0.717, 1.165) is 12.8 Å². The average Bonchev–Trinajstić information content (AvgIpc) is 2.91. The second-order valence-corrected chi connectivity index (χ2v) is 8.29. The van der Waals surface area contributed by atoms with Crippen molar-refractivity contribution in [2.24, 2.45) is 5.92 Å². The Labute approximate surface area is 130 Å². The summed E-state index contributed by atoms with van der Waals surface area (Å²) >= 11 is 0. The lowest BCUT2D eigenvalue weighted by molar-refractivity contribution is 0.0926. The first-order chi connectivity index (χ1) is 9.79. The number of carbonyl (C=O) groups is 1. The molecule has 0 saturated heterocycles. The van der Waals surface area contributed by atoms with Crippen LogP contribution in [0.5, 0.6) is 0 Å². The monoisotopic (exact) mass is 329 g/mol. The van der Waals surface area contributed by atoms with Gasteiger partial charge in [0.2, 0.25) is 0 Å². The van der Waals surface area contributed by atoms with Gasteiger partial charge in [0, 0.05) is 22.3 Å². The largest absolute Gasteiger partial charge is 0.349 e. The second-order valence-electron chi connectivity index (χ2n) is 5.72. The molecule has 1 aliphatic carbocycles. The molecule has 0 aromatic heterocycles. The third kappa shape index (κ3) is 3.98. The van der Waals surface area contributed by atoms with Gasteiger partial charge in [-0.15, -0.1) is 0 Å². The topological polar surface area (TPSA) is 63.2 Å². The van der Waals surface area contributed by atoms with Gasteiger partial charge in [-0.05, 0) is 56.4 Å². The Balaban J connectivity index is 2.12. The molecule has 1 atom stereocenters. The summed E-state index contributed by atoms with van der Waals surface area (Å²) in [6.07, 6.45) is 4.77. The number of nitrogens with one attached hydrogen (secondary N) is 1. The smallest absolute Gasteiger partial charge is 0.261 e. The van der Waals surface area contributed by atoms with E-state index in [-0.39, 0.29) is 16.8 Å². The Morgan fingerprint density at radius 2 is 1.95 bits per heavy atom. The van der Waals surface area contributed by atoms with Crippen LogP contribution < -0.4 is 5.32 Å². The summed E-state index contributed by atoms with van der Waals surface area (Å²) in [6, 6.07) is 4.44. The summed E-state index contributed by atoms with van der Waals surface area (Å²) < 4.78 is 22.6. The van der Waals surface area contributed by atoms with Crippen LogP contribution in [0.15, 0.2) is 23.1 Å². The number of aryl methyl sites for hydroxylation is 1. The molecule has 6 heteroatoms. The molecular weight excluding hydrogens is 310 g/mol. The van der Waals surface area contributed by atoms with E-state index in [1.165, 1.54) is 31.0 Å². The van der Waals surface area contributed by atoms with Gasteiger partial charge in [-0.2, -0.15) is 0 Å². The second kappa shape index (κ2) is 6.36. The van der Waals surface area contributed by atoms with Crippen molar-refractivity contribution < 1.29 is 13.2 Å². The molecule has 0 heterocycles. The third-order valence-corrected chi connectivity index (χ3v) is 5.54. The van der Waals surface area contributed by atoms with Crippen molar-refractivity contribution in [3.63, 3.8) is 0 Å². The standard InChI is InChI=1S/C15H20ClNO3S/c1-10-9-13(21(16,19)20)7-8-14(10)15(18)17-11(2)12-5-3-4-6-12/h7-9,11-12H,3-6H2,1-2H3,(H,17,18). The van der Waals surface area contributed by atoms with Crippen LogP contribution in [0, 0.1) is 12.8 Å². The minimum absolute atomic E-state index is 0.0158. The van der Waals surface area contributed by atoms with E-state index in [1.54, 1.807) is 6.92 Å². The summed E-state index contributed by atoms with van der Waals surface area (Å²) in [5.74, 6) is 0.377. The van der Waals surface area contributed by atoms with Crippen molar-refractivity contribution in [1.29, 1.82) is 0 Å². The molecule has 1 saturated carbocycles. The molecule has 1 unspecified atom stereocenters. The number of benzene rings is 1. The molecule has 1 aliphatic rings. The quantitative estimate of drug-likeness (QED) is 0.862. The molecule has 4 nitrogen and oxygen atoms in total. The van der Waals surface area contributed by atoms with Crippen LogP contribution in [0.3, 0.4) is 0 Å². The first-order valence-corrected chi connectivity index (χ1v) is 9.46. The van der Waals surface area contributed by atoms with E-state index >= 15 is 0 Å². The fraction of sp³-hybridized carbons (Fsp3) is 0.533. The molecule has 0 aliphatic heterocycles. The van der Waals surface area contributed by atoms with Crippen LogP contribution in [-0.4, -0.2) is 20.4 Å². The summed E-state index contributed by atoms with van der Waals surface area (Å²) in [7, 11) is 1.54. The van der Waals surface area contributed by atoms with Crippen LogP contribution in [0.2, 0.25) is 0 Å². The van der Waals surface area contributed by atoms with Crippen molar-refractivity contribution in [3.8, 4) is 0 Å². The van der Waals surface area contributed by atoms with Crippen LogP contribution in [-0.2, 0) is 9.05 Å². The predicted octanol–water partition coefficient (Wildman–Crippen LogP) is 3.23. The average molecular weight is 330 g/mol. The normalized spacial score (nSPS) is 17.7. The fourth-order valence-electron chi connectivity index (χ4n) is 2.90. The molecule has 0 spiro atoms. The van der Waals surface area contributed by atoms with Crippen LogP contribution in [0.25, 0.3) is 0 Å². The molecule has 1 aromatic rings. The Hall–Kier alpha value is -1.07. The van der Waals surface area contributed by atoms with E-state index < -0.39 is 9.05 Å². The number of rotatable bonds is 4. The molecular formula is C15H20ClNO3S. The van der Waals surface area contributed by atoms with E-state index in [2.05, 4.69) is 5.32 Å². The minimum Gasteiger partial charge on any atom is -0.349 e. The van der Waals surface area contributed by atoms with Gasteiger partial charge in [-0.3, -0.25) is 4.79 Å². The molecule has 1 amide bonds. The van der Waals surface area contributed by atoms with Crippen LogP contribution in [0.1, 0.15) is 48.5 Å². The Morgan fingerprint density at radius 1 is 1.33 bits per heavy atom. The van der Waals surface area contributed by atoms with Gasteiger partial charge < -0.3 is 5.32 Å². The maximum absolute atomic E-state index is 12.3. The van der Waals surface area contributed by atoms with E-state index in [1.807, 2.05) is 6.92 Å². The van der Waals surface area contributed by atoms with Crippen molar-refractivity contribution in [2.45, 2.75) is 50.5 Å². The SMILES string of the molecule is Cc1cc(S(=O)(=O)Cl)ccc1C(=O)NC(C)C1CCCC1. The van der Waals surface area contributed by atoms with Gasteiger partial charge in [-0.1, -0.05) is 12.8 Å². The Kier molecular flexibility index (Phi) is 4.94. The Morgan fingerprint density at radius 3 is 2.48 bits per heavy atom. The van der Waals surface area contributed by atoms with E-state index in [4.69, 9.17) is 10.7 Å². The number of carbonyl (C=O) groups excluding carboxylic acids is 1. The highest BCUT2D eigenvalue weighted by molar-refractivity contribution is 8.13. The highest BCUT2D eigenvalue weighted by Crippen LogP contribution is 2.28. The number of amides is 1. The zero-order valence-corrected chi connectivity index (χ0v) is 13.8. The molecule has 2 rings (SSSR count). The van der Waals surface area contributed by atoms with Gasteiger partial charge in [-0.25, -0.2) is 8.42 Å². The maximum Gasteiger partial charge on any atom is 0.261 e. The minimum atomic E-state index is -3.76. The summed E-state index contributed by atoms with van der Waals surface area (Å²) in [4.78, 5) is 12.3. The van der Waals surface area contributed by atoms with E-state index in [0.29, 0.717) is 17.0 Å². The maximum atomic E-state index is 12.3. The van der Waals surface area contributed by atoms with Crippen molar-refractivity contribution in [2.75, 3.05) is 0 Å². The van der Waals surface area contributed by atoms with Crippen LogP contribution >= 0.6 is 10.7 Å². The van der Waals surface area contributed by atoms with Gasteiger partial charge >= 0.3 is 0 Å². The highest BCUT2D eigenvalue weighted by atomic mass is 35.7. The fourth-order valence-corrected chi connectivity index (χ4v) is 3.74. The predicted molar refractivity (Wildman–Crippen MR) is 83.1 cm³/mol. The molecule has 0 bridgehead atoms. The Bertz CT molecular complexity index is 636. The molecule has 1 aromatic carbocycles. The zero-order chi connectivity index (χ0) is 15.6. The first kappa shape index (κ1) is 16.3. The van der Waals surface area contributed by atoms with Gasteiger partial charge in [0.1, 0.15) is 0 Å². The van der Waals surface area contributed by atoms with Crippen molar-refractivity contribution >= 4 is 25.6 Å². The number of hydrogen-bond acceptors (Lipinski definition) is 3. The lowest BCUT2D eigenvalue weighted by atomic mass is 9.99. The lowest BCUT2D eigenvalue weighted by Gasteiger charge is -2.21. The highest BCUT2D eigenvalue weighted by Gasteiger charge is 2.24. The van der Waals surface area contributed by atoms with Crippen molar-refractivity contribution in [3.05, 3.63) is 29.3 Å². The van der Waals surface area contributed by atoms with Gasteiger partial charge in [0.15, 0.2) is 0 Å². The van der Waals surface area contributed by atoms with E-state index in [9.17, 15) is 13.2 Å². The van der Waals surface area contributed by atoms with Crippen molar-refractivity contribution in [1.82, 2.24) is 5.32 Å². The zero-order valence-electron chi connectivity index (χ0n) is 12.2. The summed E-state index contributed by atoms with van der Waals surface area (Å²) in [5, 5.41) is 3.02. The van der Waals surface area contributed by atoms with Gasteiger partial charge in [0.05, 0.1) is 4.90 Å².